The van der Waals surface area contributed by atoms with Crippen molar-refractivity contribution in [1.29, 1.82) is 0 Å². The molecular weight excluding hydrogens is 395 g/mol. The molecule has 0 bridgehead atoms. The number of carbonyl (C=O) groups excluding carboxylic acids is 1. The van der Waals surface area contributed by atoms with Gasteiger partial charge in [0.05, 0.1) is 16.7 Å². The Kier molecular flexibility index (Phi) is 7.10. The van der Waals surface area contributed by atoms with Crippen molar-refractivity contribution in [2.24, 2.45) is 11.8 Å². The number of nitrogens with one attached hydrogen (secondary N) is 1. The quantitative estimate of drug-likeness (QED) is 0.762. The van der Waals surface area contributed by atoms with Crippen LogP contribution in [0.1, 0.15) is 49.9 Å². The zero-order valence-corrected chi connectivity index (χ0v) is 17.5. The Hall–Kier alpha value is -1.38. The number of rotatable bonds is 6. The highest BCUT2D eigenvalue weighted by Crippen LogP contribution is 2.35. The maximum Gasteiger partial charge on any atom is 0.303 e. The summed E-state index contributed by atoms with van der Waals surface area (Å²) < 4.78 is 46.3. The summed E-state index contributed by atoms with van der Waals surface area (Å²) >= 11 is 6.15. The van der Waals surface area contributed by atoms with E-state index in [2.05, 4.69) is 13.8 Å². The largest absolute Gasteiger partial charge is 0.489 e. The van der Waals surface area contributed by atoms with Gasteiger partial charge in [-0.05, 0) is 43.6 Å². The first-order chi connectivity index (χ1) is 12.5. The van der Waals surface area contributed by atoms with E-state index < -0.39 is 27.5 Å². The van der Waals surface area contributed by atoms with E-state index in [0.717, 1.165) is 42.1 Å². The van der Waals surface area contributed by atoms with E-state index in [1.165, 1.54) is 14.1 Å². The van der Waals surface area contributed by atoms with E-state index in [-0.39, 0.29) is 16.9 Å². The van der Waals surface area contributed by atoms with Gasteiger partial charge in [-0.2, -0.15) is 12.7 Å². The molecule has 1 aliphatic rings. The van der Waals surface area contributed by atoms with Crippen molar-refractivity contribution in [2.75, 3.05) is 14.1 Å². The highest BCUT2D eigenvalue weighted by atomic mass is 35.5. The number of hydrogen-bond acceptors (Lipinski definition) is 4. The van der Waals surface area contributed by atoms with Crippen LogP contribution >= 0.6 is 11.6 Å². The van der Waals surface area contributed by atoms with Crippen molar-refractivity contribution in [3.63, 3.8) is 0 Å². The first kappa shape index (κ1) is 21.9. The predicted octanol–water partition coefficient (Wildman–Crippen LogP) is 3.61. The molecule has 0 atom stereocenters. The number of carbonyl (C=O) groups is 1. The number of benzene rings is 1. The lowest BCUT2D eigenvalue weighted by Crippen LogP contribution is -2.39. The molecule has 0 aromatic heterocycles. The van der Waals surface area contributed by atoms with Crippen molar-refractivity contribution in [3.05, 3.63) is 28.5 Å². The van der Waals surface area contributed by atoms with Crippen LogP contribution in [0.2, 0.25) is 5.02 Å². The van der Waals surface area contributed by atoms with Crippen molar-refractivity contribution in [3.8, 4) is 5.75 Å². The van der Waals surface area contributed by atoms with Gasteiger partial charge in [-0.3, -0.25) is 4.79 Å². The lowest BCUT2D eigenvalue weighted by Gasteiger charge is -2.31. The normalized spacial score (nSPS) is 20.7. The summed E-state index contributed by atoms with van der Waals surface area (Å²) in [6, 6.07) is 2.13. The third-order valence-corrected chi connectivity index (χ3v) is 6.62. The molecule has 2 rings (SSSR count). The molecule has 9 heteroatoms. The Bertz CT molecular complexity index is 791. The second kappa shape index (κ2) is 8.75. The van der Waals surface area contributed by atoms with Gasteiger partial charge in [-0.15, -0.1) is 0 Å². The number of ether oxygens (including phenoxy) is 1. The summed E-state index contributed by atoms with van der Waals surface area (Å²) in [6.07, 6.45) is 3.77. The Labute approximate surface area is 165 Å². The van der Waals surface area contributed by atoms with E-state index in [0.29, 0.717) is 11.8 Å². The molecule has 27 heavy (non-hydrogen) atoms. The topological polar surface area (TPSA) is 75.7 Å². The fraction of sp³-hybridized carbons (Fsp3) is 0.611. The molecule has 1 aromatic carbocycles. The number of amides is 1. The van der Waals surface area contributed by atoms with Crippen LogP contribution in [-0.2, 0) is 10.2 Å². The van der Waals surface area contributed by atoms with Gasteiger partial charge < -0.3 is 4.74 Å². The minimum Gasteiger partial charge on any atom is -0.489 e. The van der Waals surface area contributed by atoms with E-state index in [1.54, 1.807) is 4.72 Å². The van der Waals surface area contributed by atoms with Crippen LogP contribution in [0.3, 0.4) is 0 Å². The van der Waals surface area contributed by atoms with Crippen molar-refractivity contribution in [1.82, 2.24) is 9.03 Å². The van der Waals surface area contributed by atoms with Crippen molar-refractivity contribution < 1.29 is 22.3 Å². The standard InChI is InChI=1S/C18H26ClFN2O4S/c1-11(2)12-5-7-13(8-6-12)26-17-10-16(20)14(9-15(17)19)18(23)21-27(24,25)22(3)4/h9-13H,5-8H2,1-4H3,(H,21,23). The van der Waals surface area contributed by atoms with Gasteiger partial charge in [0.1, 0.15) is 11.6 Å². The average Bonchev–Trinajstić information content (AvgIpc) is 2.57. The van der Waals surface area contributed by atoms with Gasteiger partial charge in [0.25, 0.3) is 5.91 Å². The fourth-order valence-corrected chi connectivity index (χ4v) is 3.84. The molecule has 1 fully saturated rings. The summed E-state index contributed by atoms with van der Waals surface area (Å²) in [7, 11) is -1.52. The van der Waals surface area contributed by atoms with Crippen LogP contribution in [0, 0.1) is 17.7 Å². The second-order valence-corrected chi connectivity index (χ2v) is 9.67. The fourth-order valence-electron chi connectivity index (χ4n) is 3.11. The Morgan fingerprint density at radius 1 is 1.26 bits per heavy atom. The van der Waals surface area contributed by atoms with Gasteiger partial charge in [-0.25, -0.2) is 9.11 Å². The highest BCUT2D eigenvalue weighted by Gasteiger charge is 2.26. The second-order valence-electron chi connectivity index (χ2n) is 7.38. The van der Waals surface area contributed by atoms with Crippen LogP contribution in [0.4, 0.5) is 4.39 Å². The van der Waals surface area contributed by atoms with Gasteiger partial charge in [0, 0.05) is 20.2 Å². The third kappa shape index (κ3) is 5.56. The zero-order chi connectivity index (χ0) is 20.4. The van der Waals surface area contributed by atoms with Gasteiger partial charge >= 0.3 is 10.2 Å². The molecule has 1 aromatic rings. The zero-order valence-electron chi connectivity index (χ0n) is 16.0. The van der Waals surface area contributed by atoms with Crippen molar-refractivity contribution in [2.45, 2.75) is 45.6 Å². The number of hydrogen-bond donors (Lipinski definition) is 1. The molecule has 0 spiro atoms. The first-order valence-corrected chi connectivity index (χ1v) is 10.7. The van der Waals surface area contributed by atoms with E-state index >= 15 is 0 Å². The van der Waals surface area contributed by atoms with Gasteiger partial charge in [0.2, 0.25) is 0 Å². The Morgan fingerprint density at radius 3 is 2.37 bits per heavy atom. The van der Waals surface area contributed by atoms with E-state index in [4.69, 9.17) is 16.3 Å². The van der Waals surface area contributed by atoms with Crippen LogP contribution < -0.4 is 9.46 Å². The van der Waals surface area contributed by atoms with E-state index in [1.807, 2.05) is 0 Å². The van der Waals surface area contributed by atoms with Gasteiger partial charge in [0.15, 0.2) is 0 Å². The molecule has 1 N–H and O–H groups in total. The molecule has 1 amide bonds. The minimum atomic E-state index is -4.03. The molecule has 152 valence electrons. The summed E-state index contributed by atoms with van der Waals surface area (Å²) in [6.45, 7) is 4.41. The number of nitrogens with zero attached hydrogens (tertiary/aromatic N) is 1. The molecule has 0 heterocycles. The Morgan fingerprint density at radius 2 is 1.85 bits per heavy atom. The maximum absolute atomic E-state index is 14.4. The molecule has 1 aliphatic carbocycles. The minimum absolute atomic E-state index is 0.0503. The monoisotopic (exact) mass is 420 g/mol. The van der Waals surface area contributed by atoms with Gasteiger partial charge in [-0.1, -0.05) is 25.4 Å². The molecule has 0 saturated heterocycles. The Balaban J connectivity index is 2.10. The maximum atomic E-state index is 14.4. The van der Waals surface area contributed by atoms with Crippen molar-refractivity contribution >= 4 is 27.7 Å². The summed E-state index contributed by atoms with van der Waals surface area (Å²) in [5.41, 5.74) is -0.457. The SMILES string of the molecule is CC(C)C1CCC(Oc2cc(F)c(C(=O)NS(=O)(=O)N(C)C)cc2Cl)CC1. The lowest BCUT2D eigenvalue weighted by molar-refractivity contribution is 0.0975. The molecule has 6 nitrogen and oxygen atoms in total. The summed E-state index contributed by atoms with van der Waals surface area (Å²) in [4.78, 5) is 12.1. The third-order valence-electron chi connectivity index (χ3n) is 4.92. The average molecular weight is 421 g/mol. The molecular formula is C18H26ClFN2O4S. The number of halogens is 2. The summed E-state index contributed by atoms with van der Waals surface area (Å²) in [5.74, 6) is -0.525. The van der Waals surface area contributed by atoms with Crippen LogP contribution in [0.15, 0.2) is 12.1 Å². The predicted molar refractivity (Wildman–Crippen MR) is 103 cm³/mol. The first-order valence-electron chi connectivity index (χ1n) is 8.91. The van der Waals surface area contributed by atoms with Crippen LogP contribution in [-0.4, -0.2) is 38.8 Å². The van der Waals surface area contributed by atoms with E-state index in [9.17, 15) is 17.6 Å². The molecule has 0 unspecified atom stereocenters. The molecule has 1 saturated carbocycles. The van der Waals surface area contributed by atoms with Crippen LogP contribution in [0.5, 0.6) is 5.75 Å². The smallest absolute Gasteiger partial charge is 0.303 e. The van der Waals surface area contributed by atoms with Crippen LogP contribution in [0.25, 0.3) is 0 Å². The molecule has 0 radical (unpaired) electrons. The highest BCUT2D eigenvalue weighted by molar-refractivity contribution is 7.87. The molecule has 0 aliphatic heterocycles. The lowest BCUT2D eigenvalue weighted by atomic mass is 9.80. The summed E-state index contributed by atoms with van der Waals surface area (Å²) in [5, 5.41) is 0.0646.